The molecule has 5 heteroatoms. The molecule has 72 valence electrons. The van der Waals surface area contributed by atoms with Gasteiger partial charge in [0.2, 0.25) is 0 Å². The summed E-state index contributed by atoms with van der Waals surface area (Å²) in [4.78, 5) is 10.8. The summed E-state index contributed by atoms with van der Waals surface area (Å²) in [6, 6.07) is 4.65. The molecule has 0 radical (unpaired) electrons. The summed E-state index contributed by atoms with van der Waals surface area (Å²) < 4.78 is 14.5. The maximum absolute atomic E-state index is 13.3. The van der Waals surface area contributed by atoms with E-state index in [0.717, 1.165) is 14.9 Å². The number of thiophene rings is 1. The number of fused-ring (bicyclic) bond motifs is 1. The molecule has 0 unspecified atom stereocenters. The number of carboxylic acids is 1. The second-order valence-corrected chi connectivity index (χ2v) is 5.02. The molecule has 2 rings (SSSR count). The third kappa shape index (κ3) is 1.61. The van der Waals surface area contributed by atoms with Crippen LogP contribution in [-0.4, -0.2) is 11.1 Å². The van der Waals surface area contributed by atoms with Gasteiger partial charge in [-0.05, 0) is 46.2 Å². The van der Waals surface area contributed by atoms with Crippen LogP contribution in [0.2, 0.25) is 0 Å². The number of carboxylic acid groups (broad SMARTS) is 1. The molecule has 0 bridgehead atoms. The zero-order valence-electron chi connectivity index (χ0n) is 6.75. The van der Waals surface area contributed by atoms with Gasteiger partial charge < -0.3 is 5.11 Å². The van der Waals surface area contributed by atoms with Gasteiger partial charge >= 0.3 is 5.97 Å². The first-order valence-electron chi connectivity index (χ1n) is 3.70. The summed E-state index contributed by atoms with van der Waals surface area (Å²) in [5.41, 5.74) is 0. The molecule has 0 spiro atoms. The highest BCUT2D eigenvalue weighted by Gasteiger charge is 2.11. The Balaban J connectivity index is 2.76. The molecular weight excluding hydrogens is 318 g/mol. The topological polar surface area (TPSA) is 37.3 Å². The molecule has 0 atom stereocenters. The Hall–Kier alpha value is -0.690. The lowest BCUT2D eigenvalue weighted by Gasteiger charge is -1.92. The van der Waals surface area contributed by atoms with Gasteiger partial charge in [-0.3, -0.25) is 0 Å². The third-order valence-electron chi connectivity index (χ3n) is 1.75. The number of carbonyl (C=O) groups is 1. The lowest BCUT2D eigenvalue weighted by atomic mass is 10.2. The van der Waals surface area contributed by atoms with Crippen molar-refractivity contribution in [3.8, 4) is 0 Å². The maximum atomic E-state index is 13.3. The van der Waals surface area contributed by atoms with E-state index in [9.17, 15) is 9.18 Å². The molecule has 0 aliphatic carbocycles. The van der Waals surface area contributed by atoms with Crippen molar-refractivity contribution in [2.24, 2.45) is 0 Å². The van der Waals surface area contributed by atoms with Gasteiger partial charge in [0.25, 0.3) is 0 Å². The fourth-order valence-corrected chi connectivity index (χ4v) is 2.68. The number of benzene rings is 1. The van der Waals surface area contributed by atoms with Gasteiger partial charge in [0.15, 0.2) is 0 Å². The molecule has 0 saturated carbocycles. The van der Waals surface area contributed by atoms with Crippen molar-refractivity contribution in [1.82, 2.24) is 0 Å². The first-order valence-corrected chi connectivity index (χ1v) is 5.59. The fourth-order valence-electron chi connectivity index (χ4n) is 1.18. The lowest BCUT2D eigenvalue weighted by molar-refractivity contribution is 0.0702. The van der Waals surface area contributed by atoms with E-state index in [0.29, 0.717) is 10.1 Å². The maximum Gasteiger partial charge on any atom is 0.345 e. The summed E-state index contributed by atoms with van der Waals surface area (Å²) in [5.74, 6) is -1.37. The summed E-state index contributed by atoms with van der Waals surface area (Å²) in [5, 5.41) is 9.38. The van der Waals surface area contributed by atoms with Crippen LogP contribution in [0.15, 0.2) is 18.2 Å². The second kappa shape index (κ2) is 3.47. The largest absolute Gasteiger partial charge is 0.477 e. The van der Waals surface area contributed by atoms with E-state index >= 15 is 0 Å². The van der Waals surface area contributed by atoms with E-state index in [1.807, 2.05) is 22.6 Å². The molecule has 0 aliphatic heterocycles. The summed E-state index contributed by atoms with van der Waals surface area (Å²) in [7, 11) is 0. The average Bonchev–Trinajstić information content (AvgIpc) is 2.47. The van der Waals surface area contributed by atoms with Gasteiger partial charge in [-0.2, -0.15) is 0 Å². The van der Waals surface area contributed by atoms with Crippen LogP contribution >= 0.6 is 33.9 Å². The van der Waals surface area contributed by atoms with E-state index < -0.39 is 5.97 Å². The van der Waals surface area contributed by atoms with Crippen LogP contribution in [0.1, 0.15) is 9.67 Å². The van der Waals surface area contributed by atoms with Crippen LogP contribution in [0.5, 0.6) is 0 Å². The molecule has 0 fully saturated rings. The fraction of sp³-hybridized carbons (Fsp3) is 0. The highest BCUT2D eigenvalue weighted by atomic mass is 127. The number of halogens is 2. The van der Waals surface area contributed by atoms with Crippen molar-refractivity contribution in [3.63, 3.8) is 0 Å². The minimum atomic E-state index is -1.01. The van der Waals surface area contributed by atoms with Crippen LogP contribution in [0.3, 0.4) is 0 Å². The van der Waals surface area contributed by atoms with Crippen LogP contribution in [-0.2, 0) is 0 Å². The standard InChI is InChI=1S/C9H4FIO2S/c10-6-3-5(11)1-4-2-7(9(12)13)14-8(4)6/h1-3H,(H,12,13). The highest BCUT2D eigenvalue weighted by molar-refractivity contribution is 14.1. The third-order valence-corrected chi connectivity index (χ3v) is 3.52. The summed E-state index contributed by atoms with van der Waals surface area (Å²) in [6.45, 7) is 0. The molecular formula is C9H4FIO2S. The minimum Gasteiger partial charge on any atom is -0.477 e. The van der Waals surface area contributed by atoms with Crippen molar-refractivity contribution in [2.45, 2.75) is 0 Å². The second-order valence-electron chi connectivity index (χ2n) is 2.72. The van der Waals surface area contributed by atoms with E-state index in [1.54, 1.807) is 6.07 Å². The zero-order chi connectivity index (χ0) is 10.3. The molecule has 1 aromatic heterocycles. The van der Waals surface area contributed by atoms with Crippen molar-refractivity contribution in [2.75, 3.05) is 0 Å². The van der Waals surface area contributed by atoms with Crippen molar-refractivity contribution < 1.29 is 14.3 Å². The van der Waals surface area contributed by atoms with Crippen molar-refractivity contribution in [1.29, 1.82) is 0 Å². The van der Waals surface area contributed by atoms with Crippen LogP contribution in [0.4, 0.5) is 4.39 Å². The molecule has 1 heterocycles. The van der Waals surface area contributed by atoms with Gasteiger partial charge in [-0.25, -0.2) is 9.18 Å². The predicted molar refractivity (Wildman–Crippen MR) is 61.5 cm³/mol. The summed E-state index contributed by atoms with van der Waals surface area (Å²) >= 11 is 2.96. The molecule has 14 heavy (non-hydrogen) atoms. The first kappa shape index (κ1) is 9.85. The first-order chi connectivity index (χ1) is 6.58. The SMILES string of the molecule is O=C(O)c1cc2cc(I)cc(F)c2s1. The van der Waals surface area contributed by atoms with Gasteiger partial charge in [-0.1, -0.05) is 0 Å². The number of aromatic carboxylic acids is 1. The predicted octanol–water partition coefficient (Wildman–Crippen LogP) is 3.34. The Kier molecular flexibility index (Phi) is 2.44. The van der Waals surface area contributed by atoms with Crippen molar-refractivity contribution in [3.05, 3.63) is 32.5 Å². The Morgan fingerprint density at radius 2 is 2.14 bits per heavy atom. The smallest absolute Gasteiger partial charge is 0.345 e. The Morgan fingerprint density at radius 1 is 1.43 bits per heavy atom. The number of hydrogen-bond donors (Lipinski definition) is 1. The minimum absolute atomic E-state index is 0.168. The van der Waals surface area contributed by atoms with E-state index in [2.05, 4.69) is 0 Å². The van der Waals surface area contributed by atoms with Crippen LogP contribution in [0, 0.1) is 9.39 Å². The molecule has 2 aromatic rings. The average molecular weight is 322 g/mol. The van der Waals surface area contributed by atoms with Gasteiger partial charge in [-0.15, -0.1) is 11.3 Å². The molecule has 0 amide bonds. The normalized spacial score (nSPS) is 10.7. The lowest BCUT2D eigenvalue weighted by Crippen LogP contribution is -1.89. The zero-order valence-corrected chi connectivity index (χ0v) is 9.73. The number of rotatable bonds is 1. The van der Waals surface area contributed by atoms with Gasteiger partial charge in [0, 0.05) is 3.57 Å². The monoisotopic (exact) mass is 322 g/mol. The van der Waals surface area contributed by atoms with Crippen molar-refractivity contribution >= 4 is 50.0 Å². The molecule has 0 aliphatic rings. The van der Waals surface area contributed by atoms with Gasteiger partial charge in [0.05, 0.1) is 4.70 Å². The van der Waals surface area contributed by atoms with Crippen LogP contribution < -0.4 is 0 Å². The molecule has 2 nitrogen and oxygen atoms in total. The highest BCUT2D eigenvalue weighted by Crippen LogP contribution is 2.29. The quantitative estimate of drug-likeness (QED) is 0.818. The van der Waals surface area contributed by atoms with Gasteiger partial charge in [0.1, 0.15) is 10.7 Å². The Bertz CT molecular complexity index is 521. The Labute approximate surface area is 96.5 Å². The Morgan fingerprint density at radius 3 is 2.79 bits per heavy atom. The van der Waals surface area contributed by atoms with E-state index in [4.69, 9.17) is 5.11 Å². The molecule has 0 saturated heterocycles. The molecule has 1 N–H and O–H groups in total. The van der Waals surface area contributed by atoms with E-state index in [-0.39, 0.29) is 10.7 Å². The molecule has 1 aromatic carbocycles. The number of hydrogen-bond acceptors (Lipinski definition) is 2. The summed E-state index contributed by atoms with van der Waals surface area (Å²) in [6.07, 6.45) is 0. The van der Waals surface area contributed by atoms with E-state index in [1.165, 1.54) is 12.1 Å². The van der Waals surface area contributed by atoms with Crippen LogP contribution in [0.25, 0.3) is 10.1 Å².